The minimum atomic E-state index is -0.316. The topological polar surface area (TPSA) is 80.0 Å². The normalized spacial score (nSPS) is 19.7. The highest BCUT2D eigenvalue weighted by atomic mass is 19.1. The van der Waals surface area contributed by atoms with Crippen molar-refractivity contribution in [1.29, 1.82) is 0 Å². The summed E-state index contributed by atoms with van der Waals surface area (Å²) in [6.45, 7) is 1.75. The number of rotatable bonds is 4. The molecule has 5 rings (SSSR count). The van der Waals surface area contributed by atoms with Gasteiger partial charge in [-0.2, -0.15) is 0 Å². The highest BCUT2D eigenvalue weighted by Crippen LogP contribution is 2.43. The van der Waals surface area contributed by atoms with E-state index in [9.17, 15) is 9.18 Å². The van der Waals surface area contributed by atoms with E-state index in [2.05, 4.69) is 20.8 Å². The second kappa shape index (κ2) is 6.98. The molecule has 2 aromatic heterocycles. The first-order valence-corrected chi connectivity index (χ1v) is 9.77. The standard InChI is InChI=1S/C21H21FN4O2/c22-14-7-5-12(6-8-14)17-10-16(20(27)24-15-2-1-9-23-11-15)18-19(13-3-4-13)26-28-21(18)25-17/h5-8,10,13,15,23H,1-4,9,11H2,(H,24,27)/t15-/m0/s1. The number of halogens is 1. The van der Waals surface area contributed by atoms with Gasteiger partial charge >= 0.3 is 0 Å². The largest absolute Gasteiger partial charge is 0.348 e. The Morgan fingerprint density at radius 2 is 2.04 bits per heavy atom. The van der Waals surface area contributed by atoms with Crippen LogP contribution >= 0.6 is 0 Å². The van der Waals surface area contributed by atoms with Crippen molar-refractivity contribution in [1.82, 2.24) is 20.8 Å². The molecule has 2 fully saturated rings. The number of piperidine rings is 1. The zero-order chi connectivity index (χ0) is 19.1. The zero-order valence-corrected chi connectivity index (χ0v) is 15.4. The number of hydrogen-bond donors (Lipinski definition) is 2. The predicted octanol–water partition coefficient (Wildman–Crippen LogP) is 3.39. The van der Waals surface area contributed by atoms with Crippen molar-refractivity contribution >= 4 is 17.0 Å². The lowest BCUT2D eigenvalue weighted by atomic mass is 10.0. The molecule has 144 valence electrons. The first-order chi connectivity index (χ1) is 13.7. The van der Waals surface area contributed by atoms with Crippen LogP contribution in [0.4, 0.5) is 4.39 Å². The van der Waals surface area contributed by atoms with E-state index in [1.54, 1.807) is 18.2 Å². The molecule has 1 saturated carbocycles. The van der Waals surface area contributed by atoms with Crippen molar-refractivity contribution in [3.63, 3.8) is 0 Å². The van der Waals surface area contributed by atoms with Gasteiger partial charge in [-0.3, -0.25) is 4.79 Å². The summed E-state index contributed by atoms with van der Waals surface area (Å²) < 4.78 is 18.8. The van der Waals surface area contributed by atoms with Gasteiger partial charge in [0.05, 0.1) is 22.3 Å². The number of amides is 1. The molecular weight excluding hydrogens is 359 g/mol. The number of hydrogen-bond acceptors (Lipinski definition) is 5. The number of nitrogens with zero attached hydrogens (tertiary/aromatic N) is 2. The van der Waals surface area contributed by atoms with E-state index in [-0.39, 0.29) is 17.8 Å². The molecule has 3 aromatic rings. The first kappa shape index (κ1) is 17.3. The van der Waals surface area contributed by atoms with Crippen LogP contribution in [0.25, 0.3) is 22.4 Å². The summed E-state index contributed by atoms with van der Waals surface area (Å²) in [4.78, 5) is 17.7. The van der Waals surface area contributed by atoms with Gasteiger partial charge in [0.1, 0.15) is 5.82 Å². The second-order valence-electron chi connectivity index (χ2n) is 7.60. The maximum Gasteiger partial charge on any atom is 0.259 e. The fourth-order valence-corrected chi connectivity index (χ4v) is 3.79. The van der Waals surface area contributed by atoms with Crippen molar-refractivity contribution in [3.05, 3.63) is 47.4 Å². The zero-order valence-electron chi connectivity index (χ0n) is 15.4. The van der Waals surface area contributed by atoms with Gasteiger partial charge in [-0.05, 0) is 62.6 Å². The minimum absolute atomic E-state index is 0.1000. The molecule has 0 spiro atoms. The van der Waals surface area contributed by atoms with Crippen LogP contribution in [0.2, 0.25) is 0 Å². The van der Waals surface area contributed by atoms with Gasteiger partial charge < -0.3 is 15.2 Å². The molecule has 0 radical (unpaired) electrons. The summed E-state index contributed by atoms with van der Waals surface area (Å²) in [5.74, 6) is -0.125. The van der Waals surface area contributed by atoms with Gasteiger partial charge in [-0.15, -0.1) is 0 Å². The highest BCUT2D eigenvalue weighted by molar-refractivity contribution is 6.07. The third-order valence-electron chi connectivity index (χ3n) is 5.45. The smallest absolute Gasteiger partial charge is 0.259 e. The average molecular weight is 380 g/mol. The van der Waals surface area contributed by atoms with Crippen molar-refractivity contribution in [2.75, 3.05) is 13.1 Å². The molecule has 1 aliphatic carbocycles. The third-order valence-corrected chi connectivity index (χ3v) is 5.45. The number of nitrogens with one attached hydrogen (secondary N) is 2. The van der Waals surface area contributed by atoms with Crippen LogP contribution in [-0.2, 0) is 0 Å². The Kier molecular flexibility index (Phi) is 4.31. The Balaban J connectivity index is 1.58. The van der Waals surface area contributed by atoms with Crippen LogP contribution in [0.5, 0.6) is 0 Å². The monoisotopic (exact) mass is 380 g/mol. The number of fused-ring (bicyclic) bond motifs is 1. The maximum absolute atomic E-state index is 13.3. The van der Waals surface area contributed by atoms with Gasteiger partial charge in [-0.1, -0.05) is 5.16 Å². The molecule has 1 aromatic carbocycles. The van der Waals surface area contributed by atoms with E-state index in [0.29, 0.717) is 28.3 Å². The number of aromatic nitrogens is 2. The molecule has 1 amide bonds. The van der Waals surface area contributed by atoms with Crippen LogP contribution in [0, 0.1) is 5.82 Å². The minimum Gasteiger partial charge on any atom is -0.348 e. The Hall–Kier alpha value is -2.80. The maximum atomic E-state index is 13.3. The van der Waals surface area contributed by atoms with Crippen molar-refractivity contribution in [2.45, 2.75) is 37.6 Å². The second-order valence-corrected chi connectivity index (χ2v) is 7.60. The summed E-state index contributed by atoms with van der Waals surface area (Å²) in [7, 11) is 0. The van der Waals surface area contributed by atoms with E-state index in [4.69, 9.17) is 4.52 Å². The summed E-state index contributed by atoms with van der Waals surface area (Å²) in [6, 6.07) is 7.92. The van der Waals surface area contributed by atoms with Gasteiger partial charge in [0.2, 0.25) is 0 Å². The van der Waals surface area contributed by atoms with Crippen LogP contribution in [-0.4, -0.2) is 35.2 Å². The summed E-state index contributed by atoms with van der Waals surface area (Å²) >= 11 is 0. The van der Waals surface area contributed by atoms with Gasteiger partial charge in [0.25, 0.3) is 11.6 Å². The number of carbonyl (C=O) groups excluding carboxylic acids is 1. The van der Waals surface area contributed by atoms with E-state index in [1.807, 2.05) is 0 Å². The van der Waals surface area contributed by atoms with Crippen molar-refractivity contribution < 1.29 is 13.7 Å². The van der Waals surface area contributed by atoms with Crippen molar-refractivity contribution in [2.24, 2.45) is 0 Å². The van der Waals surface area contributed by atoms with Gasteiger partial charge in [0, 0.05) is 24.1 Å². The third kappa shape index (κ3) is 3.26. The molecule has 0 bridgehead atoms. The molecule has 2 aliphatic rings. The SMILES string of the molecule is O=C(N[C@H]1CCCNC1)c1cc(-c2ccc(F)cc2)nc2onc(C3CC3)c12. The van der Waals surface area contributed by atoms with Crippen LogP contribution in [0.15, 0.2) is 34.9 Å². The number of pyridine rings is 1. The number of carbonyl (C=O) groups is 1. The molecule has 1 saturated heterocycles. The fourth-order valence-electron chi connectivity index (χ4n) is 3.79. The predicted molar refractivity (Wildman–Crippen MR) is 103 cm³/mol. The van der Waals surface area contributed by atoms with Gasteiger partial charge in [0.15, 0.2) is 0 Å². The van der Waals surface area contributed by atoms with E-state index >= 15 is 0 Å². The number of benzene rings is 1. The summed E-state index contributed by atoms with van der Waals surface area (Å²) in [5, 5.41) is 11.4. The summed E-state index contributed by atoms with van der Waals surface area (Å²) in [6.07, 6.45) is 4.10. The van der Waals surface area contributed by atoms with E-state index < -0.39 is 0 Å². The quantitative estimate of drug-likeness (QED) is 0.725. The molecule has 0 unspecified atom stereocenters. The molecular formula is C21H21FN4O2. The van der Waals surface area contributed by atoms with E-state index in [0.717, 1.165) is 50.0 Å². The van der Waals surface area contributed by atoms with Crippen LogP contribution < -0.4 is 10.6 Å². The van der Waals surface area contributed by atoms with E-state index in [1.165, 1.54) is 12.1 Å². The molecule has 1 aliphatic heterocycles. The summed E-state index contributed by atoms with van der Waals surface area (Å²) in [5.41, 5.74) is 2.99. The Morgan fingerprint density at radius 3 is 2.75 bits per heavy atom. The van der Waals surface area contributed by atoms with Crippen molar-refractivity contribution in [3.8, 4) is 11.3 Å². The average Bonchev–Trinajstić information content (AvgIpc) is 3.47. The molecule has 1 atom stereocenters. The highest BCUT2D eigenvalue weighted by Gasteiger charge is 2.32. The first-order valence-electron chi connectivity index (χ1n) is 9.77. The van der Waals surface area contributed by atoms with Crippen LogP contribution in [0.3, 0.4) is 0 Å². The Morgan fingerprint density at radius 1 is 1.21 bits per heavy atom. The molecule has 7 heteroatoms. The molecule has 6 nitrogen and oxygen atoms in total. The fraction of sp³-hybridized carbons (Fsp3) is 0.381. The Bertz CT molecular complexity index is 1020. The molecule has 2 N–H and O–H groups in total. The molecule has 3 heterocycles. The molecule has 28 heavy (non-hydrogen) atoms. The lowest BCUT2D eigenvalue weighted by molar-refractivity contribution is 0.0932. The Labute approximate surface area is 161 Å². The lowest BCUT2D eigenvalue weighted by Gasteiger charge is -2.24. The van der Waals surface area contributed by atoms with Gasteiger partial charge in [-0.25, -0.2) is 9.37 Å². The lowest BCUT2D eigenvalue weighted by Crippen LogP contribution is -2.45. The van der Waals surface area contributed by atoms with Crippen LogP contribution in [0.1, 0.15) is 47.7 Å².